The van der Waals surface area contributed by atoms with E-state index in [1.54, 1.807) is 6.07 Å². The topological polar surface area (TPSA) is 46.2 Å². The maximum absolute atomic E-state index is 13.8. The molecular formula is C15H14F3NO. The summed E-state index contributed by atoms with van der Waals surface area (Å²) < 4.78 is 40.3. The second-order valence-corrected chi connectivity index (χ2v) is 4.47. The maximum atomic E-state index is 13.8. The normalized spacial score (nSPS) is 14.1. The van der Waals surface area contributed by atoms with Gasteiger partial charge in [-0.15, -0.1) is 0 Å². The molecule has 2 aromatic rings. The van der Waals surface area contributed by atoms with Crippen LogP contribution in [0.4, 0.5) is 13.2 Å². The van der Waals surface area contributed by atoms with Crippen LogP contribution in [0, 0.1) is 17.5 Å². The predicted molar refractivity (Wildman–Crippen MR) is 69.5 cm³/mol. The summed E-state index contributed by atoms with van der Waals surface area (Å²) in [4.78, 5) is 0. The molecule has 0 amide bonds. The minimum Gasteiger partial charge on any atom is -0.388 e. The van der Waals surface area contributed by atoms with Crippen molar-refractivity contribution in [3.05, 3.63) is 71.0 Å². The first-order chi connectivity index (χ1) is 9.54. The molecule has 0 aliphatic rings. The van der Waals surface area contributed by atoms with E-state index in [2.05, 4.69) is 0 Å². The minimum absolute atomic E-state index is 0.0340. The molecule has 0 spiro atoms. The summed E-state index contributed by atoms with van der Waals surface area (Å²) in [6.07, 6.45) is -1.30. The van der Waals surface area contributed by atoms with Crippen LogP contribution in [0.3, 0.4) is 0 Å². The van der Waals surface area contributed by atoms with E-state index in [4.69, 9.17) is 5.73 Å². The van der Waals surface area contributed by atoms with Gasteiger partial charge in [-0.3, -0.25) is 0 Å². The molecule has 0 aliphatic carbocycles. The van der Waals surface area contributed by atoms with Crippen molar-refractivity contribution in [2.75, 3.05) is 6.54 Å². The molecule has 0 fully saturated rings. The Hall–Kier alpha value is -1.85. The number of aliphatic hydroxyl groups is 1. The van der Waals surface area contributed by atoms with Crippen molar-refractivity contribution in [2.45, 2.75) is 12.0 Å². The van der Waals surface area contributed by atoms with Gasteiger partial charge in [-0.25, -0.2) is 13.2 Å². The fourth-order valence-corrected chi connectivity index (χ4v) is 2.16. The molecule has 0 saturated heterocycles. The van der Waals surface area contributed by atoms with Crippen LogP contribution in [-0.2, 0) is 0 Å². The number of hydrogen-bond donors (Lipinski definition) is 2. The highest BCUT2D eigenvalue weighted by molar-refractivity contribution is 5.29. The average molecular weight is 281 g/mol. The van der Waals surface area contributed by atoms with E-state index in [0.29, 0.717) is 6.07 Å². The lowest BCUT2D eigenvalue weighted by Gasteiger charge is -2.23. The quantitative estimate of drug-likeness (QED) is 0.905. The van der Waals surface area contributed by atoms with Crippen LogP contribution in [0.15, 0.2) is 42.5 Å². The van der Waals surface area contributed by atoms with Crippen molar-refractivity contribution in [2.24, 2.45) is 5.73 Å². The molecule has 0 radical (unpaired) electrons. The van der Waals surface area contributed by atoms with Gasteiger partial charge < -0.3 is 10.8 Å². The third-order valence-electron chi connectivity index (χ3n) is 3.22. The number of nitrogens with two attached hydrogens (primary N) is 1. The molecule has 2 nitrogen and oxygen atoms in total. The van der Waals surface area contributed by atoms with Gasteiger partial charge in [0.1, 0.15) is 17.5 Å². The maximum Gasteiger partial charge on any atom is 0.129 e. The molecule has 5 heteroatoms. The van der Waals surface area contributed by atoms with E-state index in [9.17, 15) is 18.3 Å². The van der Waals surface area contributed by atoms with Gasteiger partial charge in [0.15, 0.2) is 0 Å². The summed E-state index contributed by atoms with van der Waals surface area (Å²) in [5, 5.41) is 10.2. The van der Waals surface area contributed by atoms with Crippen molar-refractivity contribution < 1.29 is 18.3 Å². The Kier molecular flexibility index (Phi) is 4.42. The van der Waals surface area contributed by atoms with Crippen LogP contribution in [0.2, 0.25) is 0 Å². The fraction of sp³-hybridized carbons (Fsp3) is 0.200. The molecular weight excluding hydrogens is 267 g/mol. The molecule has 2 unspecified atom stereocenters. The first kappa shape index (κ1) is 14.6. The zero-order chi connectivity index (χ0) is 14.7. The molecule has 20 heavy (non-hydrogen) atoms. The van der Waals surface area contributed by atoms with E-state index in [1.165, 1.54) is 24.3 Å². The molecule has 0 heterocycles. The van der Waals surface area contributed by atoms with Crippen LogP contribution in [0.1, 0.15) is 23.1 Å². The van der Waals surface area contributed by atoms with Crippen molar-refractivity contribution in [3.63, 3.8) is 0 Å². The fourth-order valence-electron chi connectivity index (χ4n) is 2.16. The first-order valence-electron chi connectivity index (χ1n) is 6.12. The van der Waals surface area contributed by atoms with Gasteiger partial charge in [-0.05, 0) is 17.7 Å². The lowest BCUT2D eigenvalue weighted by molar-refractivity contribution is 0.141. The Balaban J connectivity index is 2.39. The Morgan fingerprint density at radius 2 is 1.65 bits per heavy atom. The van der Waals surface area contributed by atoms with Crippen molar-refractivity contribution in [1.82, 2.24) is 0 Å². The summed E-state index contributed by atoms with van der Waals surface area (Å²) in [5.74, 6) is -2.98. The Morgan fingerprint density at radius 1 is 0.950 bits per heavy atom. The molecule has 0 bridgehead atoms. The molecule has 106 valence electrons. The molecule has 2 aromatic carbocycles. The summed E-state index contributed by atoms with van der Waals surface area (Å²) in [7, 11) is 0. The minimum atomic E-state index is -1.30. The van der Waals surface area contributed by atoms with E-state index >= 15 is 0 Å². The van der Waals surface area contributed by atoms with Gasteiger partial charge in [-0.1, -0.05) is 24.3 Å². The molecule has 0 saturated carbocycles. The molecule has 2 atom stereocenters. The summed E-state index contributed by atoms with van der Waals surface area (Å²) >= 11 is 0. The lowest BCUT2D eigenvalue weighted by atomic mass is 9.88. The number of hydrogen-bond acceptors (Lipinski definition) is 2. The molecule has 0 aromatic heterocycles. The summed E-state index contributed by atoms with van der Waals surface area (Å²) in [5.41, 5.74) is 5.65. The van der Waals surface area contributed by atoms with Gasteiger partial charge in [0.25, 0.3) is 0 Å². The van der Waals surface area contributed by atoms with Gasteiger partial charge >= 0.3 is 0 Å². The van der Waals surface area contributed by atoms with E-state index < -0.39 is 29.5 Å². The molecule has 2 rings (SSSR count). The second kappa shape index (κ2) is 6.07. The van der Waals surface area contributed by atoms with Crippen LogP contribution >= 0.6 is 0 Å². The first-order valence-corrected chi connectivity index (χ1v) is 6.12. The number of benzene rings is 2. The number of rotatable bonds is 4. The van der Waals surface area contributed by atoms with E-state index in [-0.39, 0.29) is 17.7 Å². The molecule has 0 aliphatic heterocycles. The van der Waals surface area contributed by atoms with E-state index in [1.807, 2.05) is 0 Å². The van der Waals surface area contributed by atoms with Gasteiger partial charge in [0.05, 0.1) is 6.10 Å². The highest BCUT2D eigenvalue weighted by Gasteiger charge is 2.26. The third kappa shape index (κ3) is 2.84. The van der Waals surface area contributed by atoms with E-state index in [0.717, 1.165) is 6.07 Å². The highest BCUT2D eigenvalue weighted by Crippen LogP contribution is 2.33. The van der Waals surface area contributed by atoms with Crippen molar-refractivity contribution in [1.29, 1.82) is 0 Å². The largest absolute Gasteiger partial charge is 0.388 e. The summed E-state index contributed by atoms with van der Waals surface area (Å²) in [6.45, 7) is -0.0992. The predicted octanol–water partition coefficient (Wildman–Crippen LogP) is 2.88. The Morgan fingerprint density at radius 3 is 2.25 bits per heavy atom. The highest BCUT2D eigenvalue weighted by atomic mass is 19.1. The van der Waals surface area contributed by atoms with Crippen LogP contribution in [-0.4, -0.2) is 11.7 Å². The van der Waals surface area contributed by atoms with Gasteiger partial charge in [0, 0.05) is 24.1 Å². The molecule has 3 N–H and O–H groups in total. The van der Waals surface area contributed by atoms with Gasteiger partial charge in [-0.2, -0.15) is 0 Å². The van der Waals surface area contributed by atoms with Crippen molar-refractivity contribution >= 4 is 0 Å². The Labute approximate surface area is 114 Å². The number of halogens is 3. The average Bonchev–Trinajstić information content (AvgIpc) is 2.42. The van der Waals surface area contributed by atoms with Crippen LogP contribution in [0.25, 0.3) is 0 Å². The number of aliphatic hydroxyl groups excluding tert-OH is 1. The third-order valence-corrected chi connectivity index (χ3v) is 3.22. The smallest absolute Gasteiger partial charge is 0.129 e. The monoisotopic (exact) mass is 281 g/mol. The zero-order valence-corrected chi connectivity index (χ0v) is 10.6. The standard InChI is InChI=1S/C15H14F3NO/c16-9-5-6-10(14(18)7-9)12(8-19)15(20)11-3-1-2-4-13(11)17/h1-7,12,15,20H,8,19H2. The second-order valence-electron chi connectivity index (χ2n) is 4.47. The van der Waals surface area contributed by atoms with Gasteiger partial charge in [0.2, 0.25) is 0 Å². The lowest BCUT2D eigenvalue weighted by Crippen LogP contribution is -2.22. The summed E-state index contributed by atoms with van der Waals surface area (Å²) in [6, 6.07) is 8.67. The van der Waals surface area contributed by atoms with Crippen LogP contribution < -0.4 is 5.73 Å². The van der Waals surface area contributed by atoms with Crippen LogP contribution in [0.5, 0.6) is 0 Å². The zero-order valence-electron chi connectivity index (χ0n) is 10.6. The SMILES string of the molecule is NCC(c1ccc(F)cc1F)C(O)c1ccccc1F. The van der Waals surface area contributed by atoms with Crippen molar-refractivity contribution in [3.8, 4) is 0 Å². The Bertz CT molecular complexity index is 603.